The lowest BCUT2D eigenvalue weighted by atomic mass is 10.2. The van der Waals surface area contributed by atoms with Gasteiger partial charge < -0.3 is 24.0 Å². The highest BCUT2D eigenvalue weighted by Crippen LogP contribution is 2.15. The van der Waals surface area contributed by atoms with Gasteiger partial charge in [0.15, 0.2) is 0 Å². The lowest BCUT2D eigenvalue weighted by molar-refractivity contribution is -0.136. The Labute approximate surface area is 148 Å². The van der Waals surface area contributed by atoms with Crippen LogP contribution in [0.5, 0.6) is 5.75 Å². The highest BCUT2D eigenvalue weighted by molar-refractivity contribution is 5.94. The number of carbonyl (C=O) groups is 2. The molecule has 0 atom stereocenters. The van der Waals surface area contributed by atoms with E-state index in [1.165, 1.54) is 0 Å². The van der Waals surface area contributed by atoms with Crippen LogP contribution in [0.15, 0.2) is 24.3 Å². The van der Waals surface area contributed by atoms with E-state index in [1.54, 1.807) is 42.2 Å². The first-order valence-corrected chi connectivity index (χ1v) is 8.43. The van der Waals surface area contributed by atoms with E-state index in [0.717, 1.165) is 6.42 Å². The van der Waals surface area contributed by atoms with E-state index in [-0.39, 0.29) is 18.4 Å². The molecule has 1 heterocycles. The molecule has 0 N–H and O–H groups in total. The zero-order chi connectivity index (χ0) is 18.1. The Balaban J connectivity index is 1.87. The van der Waals surface area contributed by atoms with Crippen molar-refractivity contribution in [3.05, 3.63) is 29.8 Å². The fourth-order valence-corrected chi connectivity index (χ4v) is 2.70. The molecular weight excluding hydrogens is 324 g/mol. The van der Waals surface area contributed by atoms with Gasteiger partial charge in [0.25, 0.3) is 5.91 Å². The number of amides is 2. The molecule has 7 heteroatoms. The van der Waals surface area contributed by atoms with Crippen molar-refractivity contribution in [2.45, 2.75) is 6.42 Å². The van der Waals surface area contributed by atoms with Gasteiger partial charge in [-0.2, -0.15) is 0 Å². The zero-order valence-electron chi connectivity index (χ0n) is 14.9. The van der Waals surface area contributed by atoms with Crippen molar-refractivity contribution in [1.29, 1.82) is 0 Å². The Morgan fingerprint density at radius 3 is 2.56 bits per heavy atom. The second kappa shape index (κ2) is 10.0. The number of rotatable bonds is 7. The molecule has 0 unspecified atom stereocenters. The highest BCUT2D eigenvalue weighted by atomic mass is 16.5. The maximum absolute atomic E-state index is 12.7. The van der Waals surface area contributed by atoms with Crippen LogP contribution in [0.1, 0.15) is 16.8 Å². The molecule has 1 saturated heterocycles. The Hall–Kier alpha value is -2.12. The molecule has 2 rings (SSSR count). The van der Waals surface area contributed by atoms with E-state index in [9.17, 15) is 9.59 Å². The molecule has 1 aromatic carbocycles. The summed E-state index contributed by atoms with van der Waals surface area (Å²) in [6.07, 6.45) is 0.750. The fourth-order valence-electron chi connectivity index (χ4n) is 2.70. The minimum absolute atomic E-state index is 0.0375. The molecule has 0 radical (unpaired) electrons. The molecule has 7 nitrogen and oxygen atoms in total. The van der Waals surface area contributed by atoms with Crippen LogP contribution < -0.4 is 4.74 Å². The Bertz CT molecular complexity index is 578. The molecule has 1 aliphatic rings. The quantitative estimate of drug-likeness (QED) is 0.687. The van der Waals surface area contributed by atoms with Crippen molar-refractivity contribution in [3.63, 3.8) is 0 Å². The van der Waals surface area contributed by atoms with Crippen LogP contribution in [0.3, 0.4) is 0 Å². The third kappa shape index (κ3) is 5.72. The van der Waals surface area contributed by atoms with Gasteiger partial charge in [-0.25, -0.2) is 0 Å². The average Bonchev–Trinajstić information content (AvgIpc) is 2.91. The van der Waals surface area contributed by atoms with Crippen LogP contribution >= 0.6 is 0 Å². The molecular formula is C18H26N2O5. The number of hydrogen-bond acceptors (Lipinski definition) is 5. The Kier molecular flexibility index (Phi) is 7.69. The van der Waals surface area contributed by atoms with E-state index in [4.69, 9.17) is 14.2 Å². The maximum Gasteiger partial charge on any atom is 0.254 e. The largest absolute Gasteiger partial charge is 0.497 e. The normalized spacial score (nSPS) is 15.0. The molecule has 0 bridgehead atoms. The number of nitrogens with zero attached hydrogens (tertiary/aromatic N) is 2. The number of benzene rings is 1. The summed E-state index contributed by atoms with van der Waals surface area (Å²) in [5, 5.41) is 0. The number of hydrogen-bond donors (Lipinski definition) is 0. The first-order valence-electron chi connectivity index (χ1n) is 8.43. The summed E-state index contributed by atoms with van der Waals surface area (Å²) in [4.78, 5) is 28.4. The standard InChI is InChI=1S/C18H26N2O5/c1-23-11-12-25-14-17(21)19-7-4-8-20(10-9-19)18(22)15-5-3-6-16(13-15)24-2/h3,5-6,13H,4,7-12,14H2,1-2H3. The van der Waals surface area contributed by atoms with Crippen LogP contribution in [0.25, 0.3) is 0 Å². The smallest absolute Gasteiger partial charge is 0.254 e. The lowest BCUT2D eigenvalue weighted by Gasteiger charge is -2.22. The predicted molar refractivity (Wildman–Crippen MR) is 92.8 cm³/mol. The predicted octanol–water partition coefficient (Wildman–Crippen LogP) is 1.03. The van der Waals surface area contributed by atoms with Gasteiger partial charge in [-0.15, -0.1) is 0 Å². The summed E-state index contributed by atoms with van der Waals surface area (Å²) in [6.45, 7) is 3.21. The lowest BCUT2D eigenvalue weighted by Crippen LogP contribution is -2.39. The van der Waals surface area contributed by atoms with Gasteiger partial charge in [0, 0.05) is 38.9 Å². The van der Waals surface area contributed by atoms with E-state index < -0.39 is 0 Å². The fraction of sp³-hybridized carbons (Fsp3) is 0.556. The van der Waals surface area contributed by atoms with Crippen LogP contribution in [0.2, 0.25) is 0 Å². The molecule has 1 aromatic rings. The van der Waals surface area contributed by atoms with E-state index in [0.29, 0.717) is 50.7 Å². The zero-order valence-corrected chi connectivity index (χ0v) is 14.9. The monoisotopic (exact) mass is 350 g/mol. The summed E-state index contributed by atoms with van der Waals surface area (Å²) in [5.41, 5.74) is 0.599. The molecule has 1 aliphatic heterocycles. The molecule has 0 aromatic heterocycles. The summed E-state index contributed by atoms with van der Waals surface area (Å²) in [6, 6.07) is 7.13. The first kappa shape index (κ1) is 19.2. The van der Waals surface area contributed by atoms with E-state index >= 15 is 0 Å². The molecule has 0 spiro atoms. The van der Waals surface area contributed by atoms with Crippen molar-refractivity contribution in [1.82, 2.24) is 9.80 Å². The van der Waals surface area contributed by atoms with Crippen molar-refractivity contribution >= 4 is 11.8 Å². The van der Waals surface area contributed by atoms with Gasteiger partial charge in [0.05, 0.1) is 20.3 Å². The summed E-state index contributed by atoms with van der Waals surface area (Å²) < 4.78 is 15.3. The van der Waals surface area contributed by atoms with Crippen molar-refractivity contribution in [3.8, 4) is 5.75 Å². The number of ether oxygens (including phenoxy) is 3. The molecule has 25 heavy (non-hydrogen) atoms. The van der Waals surface area contributed by atoms with Gasteiger partial charge in [-0.3, -0.25) is 9.59 Å². The van der Waals surface area contributed by atoms with Gasteiger partial charge in [0.1, 0.15) is 12.4 Å². The topological polar surface area (TPSA) is 68.3 Å². The Morgan fingerprint density at radius 2 is 1.80 bits per heavy atom. The van der Waals surface area contributed by atoms with E-state index in [2.05, 4.69) is 0 Å². The molecule has 0 saturated carbocycles. The maximum atomic E-state index is 12.7. The van der Waals surface area contributed by atoms with Crippen LogP contribution in [-0.4, -0.2) is 81.8 Å². The van der Waals surface area contributed by atoms with E-state index in [1.807, 2.05) is 6.07 Å². The minimum Gasteiger partial charge on any atom is -0.497 e. The number of carbonyl (C=O) groups excluding carboxylic acids is 2. The van der Waals surface area contributed by atoms with Gasteiger partial charge in [-0.05, 0) is 24.6 Å². The second-order valence-electron chi connectivity index (χ2n) is 5.80. The molecule has 1 fully saturated rings. The van der Waals surface area contributed by atoms with Gasteiger partial charge >= 0.3 is 0 Å². The Morgan fingerprint density at radius 1 is 1.04 bits per heavy atom. The number of methoxy groups -OCH3 is 2. The first-order chi connectivity index (χ1) is 12.2. The summed E-state index contributed by atoms with van der Waals surface area (Å²) >= 11 is 0. The summed E-state index contributed by atoms with van der Waals surface area (Å²) in [7, 11) is 3.17. The van der Waals surface area contributed by atoms with Crippen molar-refractivity contribution < 1.29 is 23.8 Å². The molecule has 0 aliphatic carbocycles. The SMILES string of the molecule is COCCOCC(=O)N1CCCN(C(=O)c2cccc(OC)c2)CC1. The van der Waals surface area contributed by atoms with Crippen LogP contribution in [0, 0.1) is 0 Å². The van der Waals surface area contributed by atoms with Crippen LogP contribution in [0.4, 0.5) is 0 Å². The molecule has 138 valence electrons. The van der Waals surface area contributed by atoms with Crippen molar-refractivity contribution in [2.75, 3.05) is 60.2 Å². The van der Waals surface area contributed by atoms with Gasteiger partial charge in [0.2, 0.25) is 5.91 Å². The second-order valence-corrected chi connectivity index (χ2v) is 5.80. The van der Waals surface area contributed by atoms with Gasteiger partial charge in [-0.1, -0.05) is 6.07 Å². The third-order valence-corrected chi connectivity index (χ3v) is 4.11. The van der Waals surface area contributed by atoms with Crippen LogP contribution in [-0.2, 0) is 14.3 Å². The average molecular weight is 350 g/mol. The molecule has 2 amide bonds. The van der Waals surface area contributed by atoms with Crippen molar-refractivity contribution in [2.24, 2.45) is 0 Å². The third-order valence-electron chi connectivity index (χ3n) is 4.11. The summed E-state index contributed by atoms with van der Waals surface area (Å²) in [5.74, 6) is 0.571. The highest BCUT2D eigenvalue weighted by Gasteiger charge is 2.23. The minimum atomic E-state index is -0.0493.